The first-order valence-electron chi connectivity index (χ1n) is 6.67. The fraction of sp³-hybridized carbons (Fsp3) is 0.235. The van der Waals surface area contributed by atoms with Crippen molar-refractivity contribution in [3.63, 3.8) is 0 Å². The smallest absolute Gasteiger partial charge is 0.337 e. The van der Waals surface area contributed by atoms with Crippen molar-refractivity contribution >= 4 is 5.97 Å². The maximum atomic E-state index is 11.6. The van der Waals surface area contributed by atoms with Crippen LogP contribution >= 0.6 is 0 Å². The molecule has 0 bridgehead atoms. The molecule has 0 aliphatic heterocycles. The molecule has 0 aromatic heterocycles. The van der Waals surface area contributed by atoms with Gasteiger partial charge in [0.15, 0.2) is 0 Å². The second-order valence-corrected chi connectivity index (χ2v) is 5.01. The second-order valence-electron chi connectivity index (χ2n) is 5.01. The van der Waals surface area contributed by atoms with Gasteiger partial charge in [0.1, 0.15) is 6.10 Å². The molecule has 2 aromatic rings. The maximum absolute atomic E-state index is 11.6. The van der Waals surface area contributed by atoms with Crippen molar-refractivity contribution in [3.8, 4) is 0 Å². The first kappa shape index (κ1) is 12.9. The van der Waals surface area contributed by atoms with Crippen molar-refractivity contribution in [1.82, 2.24) is 0 Å². The molecule has 1 N–H and O–H groups in total. The lowest BCUT2D eigenvalue weighted by molar-refractivity contribution is 0.0600. The topological polar surface area (TPSA) is 46.5 Å². The lowest BCUT2D eigenvalue weighted by atomic mass is 9.96. The number of carbonyl (C=O) groups is 1. The quantitative estimate of drug-likeness (QED) is 0.809. The molecule has 0 saturated carbocycles. The van der Waals surface area contributed by atoms with Gasteiger partial charge >= 0.3 is 5.97 Å². The fourth-order valence-corrected chi connectivity index (χ4v) is 2.80. The molecule has 1 atom stereocenters. The van der Waals surface area contributed by atoms with Crippen molar-refractivity contribution in [2.24, 2.45) is 0 Å². The van der Waals surface area contributed by atoms with Crippen LogP contribution < -0.4 is 0 Å². The Balaban J connectivity index is 2.07. The Kier molecular flexibility index (Phi) is 3.28. The van der Waals surface area contributed by atoms with Crippen molar-refractivity contribution in [2.45, 2.75) is 18.9 Å². The van der Waals surface area contributed by atoms with E-state index in [2.05, 4.69) is 0 Å². The van der Waals surface area contributed by atoms with Crippen molar-refractivity contribution in [2.75, 3.05) is 7.11 Å². The van der Waals surface area contributed by atoms with E-state index in [1.165, 1.54) is 7.11 Å². The molecular formula is C17H16O3. The molecule has 0 fully saturated rings. The Morgan fingerprint density at radius 2 is 1.80 bits per heavy atom. The standard InChI is InChI=1S/C17H16O3/c1-20-17(19)13-8-9-15-12(10-13)7-6-11-4-2-3-5-14(11)16(15)18/h2-5,8-10,16,18H,6-7H2,1H3. The van der Waals surface area contributed by atoms with E-state index in [-0.39, 0.29) is 5.97 Å². The summed E-state index contributed by atoms with van der Waals surface area (Å²) < 4.78 is 4.75. The van der Waals surface area contributed by atoms with Crippen molar-refractivity contribution in [1.29, 1.82) is 0 Å². The Hall–Kier alpha value is -2.13. The Morgan fingerprint density at radius 3 is 2.60 bits per heavy atom. The summed E-state index contributed by atoms with van der Waals surface area (Å²) in [5.74, 6) is -0.343. The number of aliphatic hydroxyl groups is 1. The van der Waals surface area contributed by atoms with Crippen LogP contribution in [0.25, 0.3) is 0 Å². The van der Waals surface area contributed by atoms with Crippen LogP contribution in [0.1, 0.15) is 38.7 Å². The third-order valence-electron chi connectivity index (χ3n) is 3.87. The normalized spacial score (nSPS) is 16.8. The number of ether oxygens (including phenoxy) is 1. The minimum atomic E-state index is -0.629. The van der Waals surface area contributed by atoms with Gasteiger partial charge in [0.25, 0.3) is 0 Å². The zero-order valence-corrected chi connectivity index (χ0v) is 11.3. The molecular weight excluding hydrogens is 252 g/mol. The lowest BCUT2D eigenvalue weighted by Crippen LogP contribution is -2.06. The Bertz CT molecular complexity index is 661. The van der Waals surface area contributed by atoms with E-state index in [0.717, 1.165) is 35.1 Å². The molecule has 3 nitrogen and oxygen atoms in total. The summed E-state index contributed by atoms with van der Waals surface area (Å²) >= 11 is 0. The van der Waals surface area contributed by atoms with Gasteiger partial charge in [-0.25, -0.2) is 4.79 Å². The molecule has 0 heterocycles. The molecule has 1 unspecified atom stereocenters. The van der Waals surface area contributed by atoms with Gasteiger partial charge in [0.05, 0.1) is 12.7 Å². The summed E-state index contributed by atoms with van der Waals surface area (Å²) in [6, 6.07) is 13.3. The first-order chi connectivity index (χ1) is 9.70. The number of hydrogen-bond acceptors (Lipinski definition) is 3. The van der Waals surface area contributed by atoms with Gasteiger partial charge < -0.3 is 9.84 Å². The SMILES string of the molecule is COC(=O)c1ccc2c(c1)CCc1ccccc1C2O. The van der Waals surface area contributed by atoms with Gasteiger partial charge in [-0.1, -0.05) is 30.3 Å². The Morgan fingerprint density at radius 1 is 1.10 bits per heavy atom. The molecule has 3 rings (SSSR count). The van der Waals surface area contributed by atoms with Crippen LogP contribution in [0.4, 0.5) is 0 Å². The number of esters is 1. The van der Waals surface area contributed by atoms with Crippen LogP contribution in [-0.4, -0.2) is 18.2 Å². The van der Waals surface area contributed by atoms with E-state index < -0.39 is 6.10 Å². The predicted molar refractivity (Wildman–Crippen MR) is 75.7 cm³/mol. The molecule has 2 aromatic carbocycles. The van der Waals surface area contributed by atoms with E-state index >= 15 is 0 Å². The predicted octanol–water partition coefficient (Wildman–Crippen LogP) is 2.65. The van der Waals surface area contributed by atoms with Crippen LogP contribution in [0, 0.1) is 0 Å². The summed E-state index contributed by atoms with van der Waals surface area (Å²) in [6.45, 7) is 0. The van der Waals surface area contributed by atoms with Gasteiger partial charge in [-0.2, -0.15) is 0 Å². The van der Waals surface area contributed by atoms with Gasteiger partial charge in [0, 0.05) is 0 Å². The number of fused-ring (bicyclic) bond motifs is 2. The highest BCUT2D eigenvalue weighted by Crippen LogP contribution is 2.32. The number of carbonyl (C=O) groups excluding carboxylic acids is 1. The number of rotatable bonds is 1. The molecule has 0 spiro atoms. The summed E-state index contributed by atoms with van der Waals surface area (Å²) in [7, 11) is 1.37. The first-order valence-corrected chi connectivity index (χ1v) is 6.67. The highest BCUT2D eigenvalue weighted by atomic mass is 16.5. The molecule has 3 heteroatoms. The van der Waals surface area contributed by atoms with E-state index in [1.807, 2.05) is 36.4 Å². The van der Waals surface area contributed by atoms with Gasteiger partial charge in [-0.15, -0.1) is 0 Å². The fourth-order valence-electron chi connectivity index (χ4n) is 2.80. The summed E-state index contributed by atoms with van der Waals surface area (Å²) in [6.07, 6.45) is 1.05. The van der Waals surface area contributed by atoms with E-state index in [0.29, 0.717) is 5.56 Å². The molecule has 0 amide bonds. The zero-order chi connectivity index (χ0) is 14.1. The minimum absolute atomic E-state index is 0.343. The van der Waals surface area contributed by atoms with Crippen molar-refractivity contribution in [3.05, 3.63) is 70.3 Å². The summed E-state index contributed by atoms with van der Waals surface area (Å²) in [5, 5.41) is 10.6. The maximum Gasteiger partial charge on any atom is 0.337 e. The molecule has 1 aliphatic carbocycles. The number of methoxy groups -OCH3 is 1. The number of aliphatic hydroxyl groups excluding tert-OH is 1. The van der Waals surface area contributed by atoms with Crippen LogP contribution in [0.5, 0.6) is 0 Å². The monoisotopic (exact) mass is 268 g/mol. The number of hydrogen-bond donors (Lipinski definition) is 1. The highest BCUT2D eigenvalue weighted by Gasteiger charge is 2.22. The number of aryl methyl sites for hydroxylation is 2. The minimum Gasteiger partial charge on any atom is -0.465 e. The second kappa shape index (κ2) is 5.10. The third kappa shape index (κ3) is 2.10. The van der Waals surface area contributed by atoms with E-state index in [1.54, 1.807) is 6.07 Å². The van der Waals surface area contributed by atoms with Crippen LogP contribution in [0.15, 0.2) is 42.5 Å². The molecule has 0 saturated heterocycles. The van der Waals surface area contributed by atoms with Crippen LogP contribution in [-0.2, 0) is 17.6 Å². The number of benzene rings is 2. The van der Waals surface area contributed by atoms with Crippen LogP contribution in [0.2, 0.25) is 0 Å². The molecule has 102 valence electrons. The largest absolute Gasteiger partial charge is 0.465 e. The average Bonchev–Trinajstić information content (AvgIpc) is 2.64. The highest BCUT2D eigenvalue weighted by molar-refractivity contribution is 5.89. The summed E-state index contributed by atoms with van der Waals surface area (Å²) in [4.78, 5) is 11.6. The van der Waals surface area contributed by atoms with Gasteiger partial charge in [0.2, 0.25) is 0 Å². The average molecular weight is 268 g/mol. The molecule has 1 aliphatic rings. The van der Waals surface area contributed by atoms with Crippen LogP contribution in [0.3, 0.4) is 0 Å². The van der Waals surface area contributed by atoms with E-state index in [4.69, 9.17) is 4.74 Å². The third-order valence-corrected chi connectivity index (χ3v) is 3.87. The zero-order valence-electron chi connectivity index (χ0n) is 11.3. The summed E-state index contributed by atoms with van der Waals surface area (Å²) in [5.41, 5.74) is 4.54. The molecule has 20 heavy (non-hydrogen) atoms. The van der Waals surface area contributed by atoms with Gasteiger partial charge in [-0.3, -0.25) is 0 Å². The molecule has 0 radical (unpaired) electrons. The lowest BCUT2D eigenvalue weighted by Gasteiger charge is -2.14. The van der Waals surface area contributed by atoms with Crippen molar-refractivity contribution < 1.29 is 14.6 Å². The Labute approximate surface area is 117 Å². The van der Waals surface area contributed by atoms with Gasteiger partial charge in [-0.05, 0) is 47.2 Å². The van der Waals surface area contributed by atoms with E-state index in [9.17, 15) is 9.90 Å².